The van der Waals surface area contributed by atoms with Crippen LogP contribution in [0.25, 0.3) is 0 Å². The van der Waals surface area contributed by atoms with Crippen molar-refractivity contribution in [2.45, 2.75) is 24.9 Å². The third kappa shape index (κ3) is 5.93. The van der Waals surface area contributed by atoms with E-state index in [4.69, 9.17) is 25.5 Å². The fourth-order valence-corrected chi connectivity index (χ4v) is 0.452. The molecule has 0 aromatic carbocycles. The molecule has 0 bridgehead atoms. The van der Waals surface area contributed by atoms with Crippen molar-refractivity contribution in [1.29, 1.82) is 0 Å². The summed E-state index contributed by atoms with van der Waals surface area (Å²) in [5, 5.41) is 41.7. The minimum Gasteiger partial charge on any atom is -0.394 e. The van der Waals surface area contributed by atoms with Gasteiger partial charge in [-0.15, -0.1) is 0 Å². The van der Waals surface area contributed by atoms with Crippen LogP contribution in [0.3, 0.4) is 0 Å². The molecule has 5 N–H and O–H groups in total. The fourth-order valence-electron chi connectivity index (χ4n) is 0.452. The van der Waals surface area contributed by atoms with Gasteiger partial charge in [-0.1, -0.05) is 0 Å². The molecule has 0 spiro atoms. The summed E-state index contributed by atoms with van der Waals surface area (Å²) in [5.74, 6) is -2.74. The van der Waals surface area contributed by atoms with Gasteiger partial charge in [0.15, 0.2) is 0 Å². The fraction of sp³-hybridized carbons (Fsp3) is 1.00. The molecule has 0 aliphatic heterocycles. The second-order valence-corrected chi connectivity index (χ2v) is 2.15. The Morgan fingerprint density at radius 2 is 1.70 bits per heavy atom. The summed E-state index contributed by atoms with van der Waals surface area (Å²) in [6, 6.07) is 0. The van der Waals surface area contributed by atoms with Crippen LogP contribution >= 0.6 is 0 Å². The predicted octanol–water partition coefficient (Wildman–Crippen LogP) is -2.25. The van der Waals surface area contributed by atoms with E-state index in [9.17, 15) is 0 Å². The van der Waals surface area contributed by atoms with Gasteiger partial charge in [0.2, 0.25) is 0 Å². The third-order valence-electron chi connectivity index (χ3n) is 1.02. The zero-order valence-corrected chi connectivity index (χ0v) is 5.43. The Hall–Kier alpha value is -0.200. The number of rotatable bonds is 4. The van der Waals surface area contributed by atoms with Gasteiger partial charge in [-0.3, -0.25) is 0 Å². The van der Waals surface area contributed by atoms with E-state index in [1.807, 2.05) is 0 Å². The summed E-state index contributed by atoms with van der Waals surface area (Å²) in [7, 11) is 0. The highest BCUT2D eigenvalue weighted by atomic mass is 16.7. The van der Waals surface area contributed by atoms with E-state index < -0.39 is 18.7 Å². The molecule has 0 amide bonds. The van der Waals surface area contributed by atoms with Gasteiger partial charge >= 0.3 is 0 Å². The molecule has 0 radical (unpaired) electrons. The highest BCUT2D eigenvalue weighted by Crippen LogP contribution is 2.06. The van der Waals surface area contributed by atoms with Crippen LogP contribution in [0.4, 0.5) is 0 Å². The van der Waals surface area contributed by atoms with E-state index in [2.05, 4.69) is 0 Å². The molecule has 0 saturated heterocycles. The van der Waals surface area contributed by atoms with Gasteiger partial charge in [0.1, 0.15) is 0 Å². The first-order valence-corrected chi connectivity index (χ1v) is 2.92. The molecule has 0 aliphatic carbocycles. The summed E-state index contributed by atoms with van der Waals surface area (Å²) in [6.07, 6.45) is -1.44. The molecule has 1 atom stereocenters. The largest absolute Gasteiger partial charge is 0.394 e. The highest BCUT2D eigenvalue weighted by molar-refractivity contribution is 4.56. The summed E-state index contributed by atoms with van der Waals surface area (Å²) >= 11 is 0. The van der Waals surface area contributed by atoms with Crippen LogP contribution in [-0.2, 0) is 0 Å². The molecular weight excluding hydrogens is 140 g/mol. The molecular formula is C5H12O5. The van der Waals surface area contributed by atoms with E-state index in [1.54, 1.807) is 0 Å². The van der Waals surface area contributed by atoms with Crippen LogP contribution in [-0.4, -0.2) is 44.2 Å². The van der Waals surface area contributed by atoms with E-state index in [0.29, 0.717) is 0 Å². The monoisotopic (exact) mass is 152 g/mol. The maximum atomic E-state index is 8.64. The Kier molecular flexibility index (Phi) is 3.77. The Labute approximate surface area is 58.2 Å². The molecule has 0 saturated carbocycles. The van der Waals surface area contributed by atoms with E-state index in [1.165, 1.54) is 0 Å². The Bertz CT molecular complexity index is 86.5. The van der Waals surface area contributed by atoms with Crippen molar-refractivity contribution < 1.29 is 25.5 Å². The van der Waals surface area contributed by atoms with Gasteiger partial charge in [-0.05, 0) is 6.42 Å². The summed E-state index contributed by atoms with van der Waals surface area (Å²) in [6.45, 7) is -0.448. The first kappa shape index (κ1) is 9.80. The summed E-state index contributed by atoms with van der Waals surface area (Å²) < 4.78 is 0. The van der Waals surface area contributed by atoms with Crippen LogP contribution in [0, 0.1) is 0 Å². The van der Waals surface area contributed by atoms with Crippen molar-refractivity contribution in [3.63, 3.8) is 0 Å². The Balaban J connectivity index is 3.36. The molecule has 0 aliphatic rings. The second kappa shape index (κ2) is 3.85. The lowest BCUT2D eigenvalue weighted by molar-refractivity contribution is -0.316. The van der Waals surface area contributed by atoms with Gasteiger partial charge in [-0.25, -0.2) is 0 Å². The van der Waals surface area contributed by atoms with Crippen molar-refractivity contribution in [2.75, 3.05) is 6.61 Å². The van der Waals surface area contributed by atoms with Crippen LogP contribution in [0.1, 0.15) is 12.8 Å². The SMILES string of the molecule is OCC(O)CCC(O)(O)O. The number of hydrogen-bond donors (Lipinski definition) is 5. The lowest BCUT2D eigenvalue weighted by Crippen LogP contribution is -2.29. The average molecular weight is 152 g/mol. The smallest absolute Gasteiger partial charge is 0.275 e. The lowest BCUT2D eigenvalue weighted by atomic mass is 10.2. The zero-order chi connectivity index (χ0) is 8.20. The van der Waals surface area contributed by atoms with Crippen molar-refractivity contribution >= 4 is 0 Å². The molecule has 0 fully saturated rings. The summed E-state index contributed by atoms with van der Waals surface area (Å²) in [4.78, 5) is 0. The first-order chi connectivity index (χ1) is 4.45. The van der Waals surface area contributed by atoms with Gasteiger partial charge in [0.05, 0.1) is 12.7 Å². The maximum Gasteiger partial charge on any atom is 0.275 e. The van der Waals surface area contributed by atoms with Gasteiger partial charge in [0.25, 0.3) is 5.97 Å². The third-order valence-corrected chi connectivity index (χ3v) is 1.02. The topological polar surface area (TPSA) is 101 Å². The van der Waals surface area contributed by atoms with Crippen molar-refractivity contribution in [3.8, 4) is 0 Å². The van der Waals surface area contributed by atoms with Crippen molar-refractivity contribution in [2.24, 2.45) is 0 Å². The van der Waals surface area contributed by atoms with E-state index in [-0.39, 0.29) is 12.8 Å². The Morgan fingerprint density at radius 1 is 1.20 bits per heavy atom. The number of aliphatic hydroxyl groups is 5. The molecule has 1 unspecified atom stereocenters. The molecule has 62 valence electrons. The average Bonchev–Trinajstić information content (AvgIpc) is 1.81. The van der Waals surface area contributed by atoms with Crippen molar-refractivity contribution in [3.05, 3.63) is 0 Å². The molecule has 5 heteroatoms. The minimum absolute atomic E-state index is 0.0556. The van der Waals surface area contributed by atoms with Crippen LogP contribution in [0.2, 0.25) is 0 Å². The van der Waals surface area contributed by atoms with E-state index >= 15 is 0 Å². The molecule has 0 heterocycles. The molecule has 10 heavy (non-hydrogen) atoms. The lowest BCUT2D eigenvalue weighted by Gasteiger charge is -2.14. The molecule has 0 aromatic heterocycles. The number of aliphatic hydroxyl groups excluding tert-OH is 2. The first-order valence-electron chi connectivity index (χ1n) is 2.92. The quantitative estimate of drug-likeness (QED) is 0.293. The molecule has 0 rings (SSSR count). The van der Waals surface area contributed by atoms with Gasteiger partial charge in [0, 0.05) is 6.42 Å². The highest BCUT2D eigenvalue weighted by Gasteiger charge is 2.19. The van der Waals surface area contributed by atoms with Crippen LogP contribution in [0.15, 0.2) is 0 Å². The second-order valence-electron chi connectivity index (χ2n) is 2.15. The molecule has 0 aromatic rings. The van der Waals surface area contributed by atoms with Crippen LogP contribution in [0.5, 0.6) is 0 Å². The predicted molar refractivity (Wildman–Crippen MR) is 31.7 cm³/mol. The molecule has 5 nitrogen and oxygen atoms in total. The zero-order valence-electron chi connectivity index (χ0n) is 5.43. The Morgan fingerprint density at radius 3 is 2.00 bits per heavy atom. The minimum atomic E-state index is -2.74. The van der Waals surface area contributed by atoms with Crippen molar-refractivity contribution in [1.82, 2.24) is 0 Å². The van der Waals surface area contributed by atoms with E-state index in [0.717, 1.165) is 0 Å². The maximum absolute atomic E-state index is 8.64. The normalized spacial score (nSPS) is 15.3. The standard InChI is InChI=1S/C5H12O5/c6-3-4(7)1-2-5(8,9)10/h4,6-10H,1-3H2. The number of hydrogen-bond acceptors (Lipinski definition) is 5. The summed E-state index contributed by atoms with van der Waals surface area (Å²) in [5.41, 5.74) is 0. The van der Waals surface area contributed by atoms with Gasteiger partial charge in [-0.2, -0.15) is 0 Å². The van der Waals surface area contributed by atoms with Gasteiger partial charge < -0.3 is 25.5 Å². The van der Waals surface area contributed by atoms with Crippen LogP contribution < -0.4 is 0 Å².